The van der Waals surface area contributed by atoms with Gasteiger partial charge in [0.1, 0.15) is 6.61 Å². The number of carbonyl (C=O) groups excluding carboxylic acids is 1. The van der Waals surface area contributed by atoms with Crippen LogP contribution in [0.2, 0.25) is 0 Å². The van der Waals surface area contributed by atoms with Crippen molar-refractivity contribution >= 4 is 5.78 Å². The topological polar surface area (TPSA) is 53.4 Å². The van der Waals surface area contributed by atoms with E-state index in [-0.39, 0.29) is 5.78 Å². The molecule has 0 spiro atoms. The van der Waals surface area contributed by atoms with Gasteiger partial charge >= 0.3 is 0 Å². The van der Waals surface area contributed by atoms with E-state index in [4.69, 9.17) is 14.6 Å². The van der Waals surface area contributed by atoms with Crippen molar-refractivity contribution in [2.75, 3.05) is 7.11 Å². The van der Waals surface area contributed by atoms with E-state index in [1.807, 2.05) is 71.5 Å². The molecule has 3 aromatic carbocycles. The Bertz CT molecular complexity index is 1150. The normalized spacial score (nSPS) is 10.6. The molecule has 1 aromatic heterocycles. The SMILES string of the molecule is COc1cc(C(C)=O)ccc1OCc1cn(-c2ccccc2)nc1-c1ccccc1. The van der Waals surface area contributed by atoms with Crippen molar-refractivity contribution in [3.8, 4) is 28.4 Å². The summed E-state index contributed by atoms with van der Waals surface area (Å²) in [7, 11) is 1.56. The van der Waals surface area contributed by atoms with Gasteiger partial charge in [-0.25, -0.2) is 4.68 Å². The molecule has 0 amide bonds. The number of aromatic nitrogens is 2. The average Bonchev–Trinajstić information content (AvgIpc) is 3.23. The van der Waals surface area contributed by atoms with Gasteiger partial charge in [0, 0.05) is 22.9 Å². The first kappa shape index (κ1) is 19.5. The monoisotopic (exact) mass is 398 g/mol. The quantitative estimate of drug-likeness (QED) is 0.395. The Morgan fingerprint density at radius 3 is 2.30 bits per heavy atom. The average molecular weight is 398 g/mol. The fourth-order valence-corrected chi connectivity index (χ4v) is 3.23. The number of nitrogens with zero attached hydrogens (tertiary/aromatic N) is 2. The number of hydrogen-bond donors (Lipinski definition) is 0. The van der Waals surface area contributed by atoms with Crippen LogP contribution < -0.4 is 9.47 Å². The van der Waals surface area contributed by atoms with E-state index in [2.05, 4.69) is 0 Å². The minimum Gasteiger partial charge on any atom is -0.493 e. The van der Waals surface area contributed by atoms with Gasteiger partial charge in [0.2, 0.25) is 0 Å². The minimum atomic E-state index is -0.0182. The third kappa shape index (κ3) is 4.10. The molecule has 0 atom stereocenters. The minimum absolute atomic E-state index is 0.0182. The third-order valence-electron chi connectivity index (χ3n) is 4.81. The molecule has 0 unspecified atom stereocenters. The Hall–Kier alpha value is -3.86. The Morgan fingerprint density at radius 1 is 0.933 bits per heavy atom. The van der Waals surface area contributed by atoms with Crippen LogP contribution in [-0.2, 0) is 6.61 Å². The number of ketones is 1. The molecule has 0 aliphatic carbocycles. The zero-order valence-corrected chi connectivity index (χ0v) is 16.9. The van der Waals surface area contributed by atoms with Gasteiger partial charge in [-0.3, -0.25) is 4.79 Å². The summed E-state index contributed by atoms with van der Waals surface area (Å²) < 4.78 is 13.3. The van der Waals surface area contributed by atoms with Gasteiger partial charge in [-0.05, 0) is 37.3 Å². The fraction of sp³-hybridized carbons (Fsp3) is 0.120. The lowest BCUT2D eigenvalue weighted by Gasteiger charge is -2.11. The highest BCUT2D eigenvalue weighted by molar-refractivity contribution is 5.94. The van der Waals surface area contributed by atoms with Crippen LogP contribution in [0.25, 0.3) is 16.9 Å². The van der Waals surface area contributed by atoms with Crippen molar-refractivity contribution in [3.63, 3.8) is 0 Å². The van der Waals surface area contributed by atoms with Crippen LogP contribution in [0.3, 0.4) is 0 Å². The highest BCUT2D eigenvalue weighted by Crippen LogP contribution is 2.31. The van der Waals surface area contributed by atoms with E-state index in [0.717, 1.165) is 22.5 Å². The molecule has 0 radical (unpaired) electrons. The Labute approximate surface area is 175 Å². The second-order valence-corrected chi connectivity index (χ2v) is 6.86. The van der Waals surface area contributed by atoms with Gasteiger partial charge in [-0.15, -0.1) is 0 Å². The standard InChI is InChI=1S/C25H22N2O3/c1-18(28)20-13-14-23(24(15-20)29-2)30-17-21-16-27(22-11-7-4-8-12-22)26-25(21)19-9-5-3-6-10-19/h3-16H,17H2,1-2H3. The molecular weight excluding hydrogens is 376 g/mol. The van der Waals surface area contributed by atoms with Crippen LogP contribution >= 0.6 is 0 Å². The summed E-state index contributed by atoms with van der Waals surface area (Å²) in [4.78, 5) is 11.6. The van der Waals surface area contributed by atoms with Gasteiger partial charge in [-0.1, -0.05) is 48.5 Å². The molecule has 5 heteroatoms. The summed E-state index contributed by atoms with van der Waals surface area (Å²) in [5, 5.41) is 4.80. The second kappa shape index (κ2) is 8.66. The summed E-state index contributed by atoms with van der Waals surface area (Å²) in [5.74, 6) is 1.09. The molecule has 5 nitrogen and oxygen atoms in total. The van der Waals surface area contributed by atoms with Crippen molar-refractivity contribution in [2.24, 2.45) is 0 Å². The lowest BCUT2D eigenvalue weighted by atomic mass is 10.1. The Balaban J connectivity index is 1.67. The predicted molar refractivity (Wildman–Crippen MR) is 116 cm³/mol. The van der Waals surface area contributed by atoms with Gasteiger partial charge in [0.15, 0.2) is 17.3 Å². The third-order valence-corrected chi connectivity index (χ3v) is 4.81. The zero-order valence-electron chi connectivity index (χ0n) is 16.9. The number of ether oxygens (including phenoxy) is 2. The van der Waals surface area contributed by atoms with Crippen LogP contribution in [0, 0.1) is 0 Å². The maximum Gasteiger partial charge on any atom is 0.161 e. The molecule has 0 saturated heterocycles. The lowest BCUT2D eigenvalue weighted by molar-refractivity contribution is 0.101. The van der Waals surface area contributed by atoms with Crippen molar-refractivity contribution in [1.29, 1.82) is 0 Å². The van der Waals surface area contributed by atoms with E-state index in [1.165, 1.54) is 6.92 Å². The molecule has 4 aromatic rings. The summed E-state index contributed by atoms with van der Waals surface area (Å²) in [6, 6.07) is 25.2. The molecule has 0 saturated carbocycles. The van der Waals surface area contributed by atoms with Crippen molar-refractivity contribution in [3.05, 3.63) is 96.2 Å². The number of Topliss-reactive ketones (excluding diaryl/α,β-unsaturated/α-hetero) is 1. The Kier molecular flexibility index (Phi) is 5.61. The molecule has 4 rings (SSSR count). The highest BCUT2D eigenvalue weighted by Gasteiger charge is 2.15. The van der Waals surface area contributed by atoms with E-state index in [1.54, 1.807) is 25.3 Å². The number of benzene rings is 3. The number of hydrogen-bond acceptors (Lipinski definition) is 4. The zero-order chi connectivity index (χ0) is 20.9. The summed E-state index contributed by atoms with van der Waals surface area (Å²) in [6.45, 7) is 1.84. The molecule has 30 heavy (non-hydrogen) atoms. The maximum atomic E-state index is 11.6. The first-order chi connectivity index (χ1) is 14.7. The van der Waals surface area contributed by atoms with Crippen LogP contribution in [0.4, 0.5) is 0 Å². The molecule has 0 fully saturated rings. The first-order valence-corrected chi connectivity index (χ1v) is 9.67. The lowest BCUT2D eigenvalue weighted by Crippen LogP contribution is -2.00. The fourth-order valence-electron chi connectivity index (χ4n) is 3.23. The van der Waals surface area contributed by atoms with E-state index >= 15 is 0 Å². The van der Waals surface area contributed by atoms with E-state index < -0.39 is 0 Å². The van der Waals surface area contributed by atoms with Crippen molar-refractivity contribution in [1.82, 2.24) is 9.78 Å². The molecule has 1 heterocycles. The van der Waals surface area contributed by atoms with Crippen LogP contribution in [0.1, 0.15) is 22.8 Å². The smallest absolute Gasteiger partial charge is 0.161 e. The number of carbonyl (C=O) groups is 1. The molecular formula is C25H22N2O3. The molecule has 0 aliphatic rings. The summed E-state index contributed by atoms with van der Waals surface area (Å²) in [5.41, 5.74) is 4.39. The first-order valence-electron chi connectivity index (χ1n) is 9.67. The summed E-state index contributed by atoms with van der Waals surface area (Å²) in [6.07, 6.45) is 1.98. The van der Waals surface area contributed by atoms with Crippen LogP contribution in [-0.4, -0.2) is 22.7 Å². The van der Waals surface area contributed by atoms with Gasteiger partial charge in [0.25, 0.3) is 0 Å². The number of rotatable bonds is 7. The highest BCUT2D eigenvalue weighted by atomic mass is 16.5. The predicted octanol–water partition coefficient (Wildman–Crippen LogP) is 5.33. The number of para-hydroxylation sites is 1. The summed E-state index contributed by atoms with van der Waals surface area (Å²) >= 11 is 0. The van der Waals surface area contributed by atoms with Gasteiger partial charge < -0.3 is 9.47 Å². The largest absolute Gasteiger partial charge is 0.493 e. The van der Waals surface area contributed by atoms with Gasteiger partial charge in [-0.2, -0.15) is 5.10 Å². The molecule has 0 N–H and O–H groups in total. The number of methoxy groups -OCH3 is 1. The van der Waals surface area contributed by atoms with Gasteiger partial charge in [0.05, 0.1) is 18.5 Å². The molecule has 150 valence electrons. The van der Waals surface area contributed by atoms with Crippen LogP contribution in [0.15, 0.2) is 85.1 Å². The van der Waals surface area contributed by atoms with E-state index in [0.29, 0.717) is 23.7 Å². The van der Waals surface area contributed by atoms with E-state index in [9.17, 15) is 4.79 Å². The molecule has 0 bridgehead atoms. The Morgan fingerprint density at radius 2 is 1.63 bits per heavy atom. The second-order valence-electron chi connectivity index (χ2n) is 6.86. The van der Waals surface area contributed by atoms with Crippen LogP contribution in [0.5, 0.6) is 11.5 Å². The van der Waals surface area contributed by atoms with Crippen molar-refractivity contribution in [2.45, 2.75) is 13.5 Å². The molecule has 0 aliphatic heterocycles. The van der Waals surface area contributed by atoms with Crippen molar-refractivity contribution < 1.29 is 14.3 Å². The maximum absolute atomic E-state index is 11.6.